The summed E-state index contributed by atoms with van der Waals surface area (Å²) < 4.78 is 4.42. The number of hydrogen-bond acceptors (Lipinski definition) is 3. The maximum atomic E-state index is 10.5. The van der Waals surface area contributed by atoms with Gasteiger partial charge in [0.1, 0.15) is 0 Å². The third-order valence-corrected chi connectivity index (χ3v) is 0.637. The van der Waals surface area contributed by atoms with E-state index in [0.29, 0.717) is 6.08 Å². The van der Waals surface area contributed by atoms with E-state index in [9.17, 15) is 9.59 Å². The lowest BCUT2D eigenvalue weighted by Crippen LogP contribution is -1.99. The molecule has 0 fully saturated rings. The van der Waals surface area contributed by atoms with E-state index in [0.717, 1.165) is 6.08 Å². The Bertz CT molecular complexity index is 214. The molecule has 0 rings (SSSR count). The van der Waals surface area contributed by atoms with Gasteiger partial charge in [-0.1, -0.05) is 6.58 Å². The Morgan fingerprint density at radius 3 is 2.36 bits per heavy atom. The molecule has 11 heavy (non-hydrogen) atoms. The Morgan fingerprint density at radius 2 is 2.00 bits per heavy atom. The zero-order valence-corrected chi connectivity index (χ0v) is 6.03. The van der Waals surface area contributed by atoms with Crippen molar-refractivity contribution in [3.05, 3.63) is 24.5 Å². The summed E-state index contributed by atoms with van der Waals surface area (Å²) in [4.78, 5) is 20.4. The van der Waals surface area contributed by atoms with Gasteiger partial charge in [-0.2, -0.15) is 0 Å². The first-order chi connectivity index (χ1) is 5.02. The molecule has 0 unspecified atom stereocenters. The Hall–Kier alpha value is -1.58. The van der Waals surface area contributed by atoms with Gasteiger partial charge in [-0.25, -0.2) is 9.59 Å². The predicted molar refractivity (Wildman–Crippen MR) is 37.7 cm³/mol. The Balaban J connectivity index is 3.88. The summed E-state index contributed by atoms with van der Waals surface area (Å²) >= 11 is 0. The Kier molecular flexibility index (Phi) is 3.66. The van der Waals surface area contributed by atoms with Gasteiger partial charge in [-0.15, -0.1) is 0 Å². The van der Waals surface area contributed by atoms with Crippen LogP contribution >= 0.6 is 0 Å². The lowest BCUT2D eigenvalue weighted by Gasteiger charge is -1.95. The molecule has 0 aliphatic carbocycles. The topological polar surface area (TPSA) is 63.6 Å². The normalized spacial score (nSPS) is 9.55. The first-order valence-corrected chi connectivity index (χ1v) is 2.80. The number of rotatable bonds is 3. The van der Waals surface area contributed by atoms with Crippen molar-refractivity contribution in [2.45, 2.75) is 6.92 Å². The summed E-state index contributed by atoms with van der Waals surface area (Å²) in [6, 6.07) is 0. The lowest BCUT2D eigenvalue weighted by molar-refractivity contribution is -0.135. The number of esters is 1. The van der Waals surface area contributed by atoms with Crippen LogP contribution < -0.4 is 0 Å². The summed E-state index contributed by atoms with van der Waals surface area (Å²) in [5.41, 5.74) is 0. The maximum Gasteiger partial charge on any atom is 0.336 e. The molecule has 1 N–H and O–H groups in total. The predicted octanol–water partition coefficient (Wildman–Crippen LogP) is 0.704. The smallest absolute Gasteiger partial charge is 0.336 e. The molecule has 0 aliphatic rings. The zero-order chi connectivity index (χ0) is 8.85. The number of allylic oxidation sites excluding steroid dienone is 1. The first-order valence-electron chi connectivity index (χ1n) is 2.80. The zero-order valence-electron chi connectivity index (χ0n) is 6.03. The standard InChI is InChI=1S/C7H8O4/c1-5(2)11-7(10)4-3-6(8)9/h3-4H,1H2,2H3,(H,8,9). The second kappa shape index (κ2) is 4.27. The minimum atomic E-state index is -1.19. The average Bonchev–Trinajstić information content (AvgIpc) is 1.82. The van der Waals surface area contributed by atoms with Gasteiger partial charge in [-0.05, 0) is 6.92 Å². The van der Waals surface area contributed by atoms with E-state index in [1.807, 2.05) is 0 Å². The van der Waals surface area contributed by atoms with Gasteiger partial charge in [0, 0.05) is 12.2 Å². The number of hydrogen-bond donors (Lipinski definition) is 1. The van der Waals surface area contributed by atoms with Crippen molar-refractivity contribution in [1.29, 1.82) is 0 Å². The van der Waals surface area contributed by atoms with E-state index in [1.165, 1.54) is 6.92 Å². The van der Waals surface area contributed by atoms with Crippen molar-refractivity contribution >= 4 is 11.9 Å². The monoisotopic (exact) mass is 156 g/mol. The first kappa shape index (κ1) is 9.42. The summed E-state index contributed by atoms with van der Waals surface area (Å²) in [5.74, 6) is -1.70. The van der Waals surface area contributed by atoms with Crippen LogP contribution in [0.4, 0.5) is 0 Å². The fourth-order valence-corrected chi connectivity index (χ4v) is 0.345. The van der Waals surface area contributed by atoms with Gasteiger partial charge in [0.25, 0.3) is 0 Å². The van der Waals surface area contributed by atoms with Crippen LogP contribution in [0.3, 0.4) is 0 Å². The molecule has 0 aromatic heterocycles. The molecule has 4 heteroatoms. The number of aliphatic carboxylic acids is 1. The molecule has 0 bridgehead atoms. The van der Waals surface area contributed by atoms with Crippen molar-refractivity contribution in [3.63, 3.8) is 0 Å². The van der Waals surface area contributed by atoms with Gasteiger partial charge in [0.05, 0.1) is 5.76 Å². The van der Waals surface area contributed by atoms with Crippen molar-refractivity contribution in [3.8, 4) is 0 Å². The van der Waals surface area contributed by atoms with Gasteiger partial charge in [0.2, 0.25) is 0 Å². The van der Waals surface area contributed by atoms with Crippen molar-refractivity contribution in [2.75, 3.05) is 0 Å². The van der Waals surface area contributed by atoms with Gasteiger partial charge >= 0.3 is 11.9 Å². The molecular formula is C7H8O4. The molecule has 0 aliphatic heterocycles. The molecule has 0 saturated carbocycles. The van der Waals surface area contributed by atoms with Crippen molar-refractivity contribution < 1.29 is 19.4 Å². The number of carbonyl (C=O) groups excluding carboxylic acids is 1. The highest BCUT2D eigenvalue weighted by atomic mass is 16.5. The highest BCUT2D eigenvalue weighted by Gasteiger charge is 1.96. The highest BCUT2D eigenvalue weighted by molar-refractivity contribution is 5.91. The van der Waals surface area contributed by atoms with E-state index in [1.54, 1.807) is 0 Å². The molecule has 60 valence electrons. The number of carboxylic acids is 1. The number of carbonyl (C=O) groups is 2. The number of ether oxygens (including phenoxy) is 1. The van der Waals surface area contributed by atoms with Crippen LogP contribution in [0.2, 0.25) is 0 Å². The minimum absolute atomic E-state index is 0.227. The van der Waals surface area contributed by atoms with Crippen LogP contribution in [0.15, 0.2) is 24.5 Å². The van der Waals surface area contributed by atoms with E-state index in [4.69, 9.17) is 5.11 Å². The molecule has 0 radical (unpaired) electrons. The van der Waals surface area contributed by atoms with Crippen LogP contribution in [0.5, 0.6) is 0 Å². The molecule has 0 spiro atoms. The van der Waals surface area contributed by atoms with Gasteiger partial charge in [0.15, 0.2) is 0 Å². The average molecular weight is 156 g/mol. The molecule has 0 heterocycles. The van der Waals surface area contributed by atoms with E-state index >= 15 is 0 Å². The van der Waals surface area contributed by atoms with Gasteiger partial charge in [-0.3, -0.25) is 0 Å². The second-order valence-corrected chi connectivity index (χ2v) is 1.79. The molecule has 0 amide bonds. The van der Waals surface area contributed by atoms with E-state index in [-0.39, 0.29) is 5.76 Å². The summed E-state index contributed by atoms with van der Waals surface area (Å²) in [7, 11) is 0. The fraction of sp³-hybridized carbons (Fsp3) is 0.143. The van der Waals surface area contributed by atoms with Gasteiger partial charge < -0.3 is 9.84 Å². The molecule has 0 aromatic rings. The summed E-state index contributed by atoms with van der Waals surface area (Å²) in [5, 5.41) is 8.08. The molecule has 4 nitrogen and oxygen atoms in total. The minimum Gasteiger partial charge on any atom is -0.478 e. The number of carboxylic acid groups (broad SMARTS) is 1. The third kappa shape index (κ3) is 6.30. The Labute approximate surface area is 63.8 Å². The van der Waals surface area contributed by atoms with E-state index in [2.05, 4.69) is 11.3 Å². The highest BCUT2D eigenvalue weighted by Crippen LogP contribution is 1.91. The van der Waals surface area contributed by atoms with Crippen LogP contribution in [0.1, 0.15) is 6.92 Å². The molecule has 0 atom stereocenters. The summed E-state index contributed by atoms with van der Waals surface area (Å²) in [6.45, 7) is 4.79. The third-order valence-electron chi connectivity index (χ3n) is 0.637. The largest absolute Gasteiger partial charge is 0.478 e. The van der Waals surface area contributed by atoms with Crippen LogP contribution in [-0.2, 0) is 14.3 Å². The maximum absolute atomic E-state index is 10.5. The molecular weight excluding hydrogens is 148 g/mol. The SMILES string of the molecule is C=C(C)OC(=O)C=CC(=O)O. The van der Waals surface area contributed by atoms with Crippen LogP contribution in [0, 0.1) is 0 Å². The van der Waals surface area contributed by atoms with Crippen molar-refractivity contribution in [1.82, 2.24) is 0 Å². The van der Waals surface area contributed by atoms with E-state index < -0.39 is 11.9 Å². The summed E-state index contributed by atoms with van der Waals surface area (Å²) in [6.07, 6.45) is 1.52. The quantitative estimate of drug-likeness (QED) is 0.371. The Morgan fingerprint density at radius 1 is 1.45 bits per heavy atom. The lowest BCUT2D eigenvalue weighted by atomic mass is 10.5. The molecule has 0 aromatic carbocycles. The molecule has 0 saturated heterocycles. The van der Waals surface area contributed by atoms with Crippen molar-refractivity contribution in [2.24, 2.45) is 0 Å². The fourth-order valence-electron chi connectivity index (χ4n) is 0.345. The van der Waals surface area contributed by atoms with Crippen LogP contribution in [0.25, 0.3) is 0 Å². The van der Waals surface area contributed by atoms with Crippen LogP contribution in [-0.4, -0.2) is 17.0 Å². The second-order valence-electron chi connectivity index (χ2n) is 1.79.